The molecule has 1 aromatic rings. The molecular weight excluding hydrogens is 186 g/mol. The van der Waals surface area contributed by atoms with E-state index in [1.165, 1.54) is 0 Å². The Labute approximate surface area is 81.4 Å². The summed E-state index contributed by atoms with van der Waals surface area (Å²) < 4.78 is 25.4. The Bertz CT molecular complexity index is 356. The van der Waals surface area contributed by atoms with Crippen LogP contribution in [0.1, 0.15) is 25.0 Å². The zero-order valence-electron chi connectivity index (χ0n) is 7.72. The van der Waals surface area contributed by atoms with Crippen molar-refractivity contribution in [3.8, 4) is 11.8 Å². The van der Waals surface area contributed by atoms with E-state index in [0.717, 1.165) is 18.2 Å². The molecule has 0 spiro atoms. The van der Waals surface area contributed by atoms with E-state index in [2.05, 4.69) is 11.8 Å². The Hall–Kier alpha value is -1.40. The van der Waals surface area contributed by atoms with Gasteiger partial charge in [-0.15, -0.1) is 11.8 Å². The summed E-state index contributed by atoms with van der Waals surface area (Å²) in [5, 5.41) is 9.46. The molecule has 3 heteroatoms. The van der Waals surface area contributed by atoms with Gasteiger partial charge >= 0.3 is 0 Å². The fourth-order valence-electron chi connectivity index (χ4n) is 1.08. The molecule has 0 aromatic heterocycles. The molecule has 1 nitrogen and oxygen atoms in total. The molecule has 0 saturated carbocycles. The van der Waals surface area contributed by atoms with Crippen molar-refractivity contribution in [3.05, 3.63) is 35.4 Å². The van der Waals surface area contributed by atoms with Gasteiger partial charge < -0.3 is 5.11 Å². The van der Waals surface area contributed by atoms with Crippen LogP contribution in [0.5, 0.6) is 0 Å². The number of hydrogen-bond acceptors (Lipinski definition) is 1. The molecule has 14 heavy (non-hydrogen) atoms. The standard InChI is InChI=1S/C11H10F2O/c1-2-3-4-11(14)8-5-9(12)7-10(13)6-8/h5-7,11,14H,4H2,1H3. The van der Waals surface area contributed by atoms with Crippen molar-refractivity contribution in [2.75, 3.05) is 0 Å². The summed E-state index contributed by atoms with van der Waals surface area (Å²) in [5.41, 5.74) is 0.213. The minimum Gasteiger partial charge on any atom is -0.387 e. The first-order valence-corrected chi connectivity index (χ1v) is 4.17. The van der Waals surface area contributed by atoms with E-state index in [9.17, 15) is 13.9 Å². The third-order valence-corrected chi connectivity index (χ3v) is 1.74. The van der Waals surface area contributed by atoms with Crippen LogP contribution in [0.4, 0.5) is 8.78 Å². The normalized spacial score (nSPS) is 11.7. The number of aliphatic hydroxyl groups excluding tert-OH is 1. The molecule has 0 aliphatic carbocycles. The Kier molecular flexibility index (Phi) is 3.61. The van der Waals surface area contributed by atoms with Crippen LogP contribution in [0.3, 0.4) is 0 Å². The molecule has 1 N–H and O–H groups in total. The Morgan fingerprint density at radius 3 is 2.36 bits per heavy atom. The number of benzene rings is 1. The molecule has 0 fully saturated rings. The van der Waals surface area contributed by atoms with E-state index >= 15 is 0 Å². The molecule has 0 radical (unpaired) electrons. The second kappa shape index (κ2) is 4.73. The number of hydrogen-bond donors (Lipinski definition) is 1. The minimum absolute atomic E-state index is 0.180. The quantitative estimate of drug-likeness (QED) is 0.720. The Balaban J connectivity index is 2.87. The Morgan fingerprint density at radius 2 is 1.86 bits per heavy atom. The van der Waals surface area contributed by atoms with Gasteiger partial charge in [0.2, 0.25) is 0 Å². The molecule has 0 amide bonds. The van der Waals surface area contributed by atoms with E-state index in [1.54, 1.807) is 6.92 Å². The van der Waals surface area contributed by atoms with E-state index in [0.29, 0.717) is 0 Å². The second-order valence-corrected chi connectivity index (χ2v) is 2.85. The SMILES string of the molecule is CC#CCC(O)c1cc(F)cc(F)c1. The summed E-state index contributed by atoms with van der Waals surface area (Å²) in [6.45, 7) is 1.64. The van der Waals surface area contributed by atoms with Crippen LogP contribution in [0.15, 0.2) is 18.2 Å². The summed E-state index contributed by atoms with van der Waals surface area (Å²) in [6, 6.07) is 2.97. The minimum atomic E-state index is -0.937. The lowest BCUT2D eigenvalue weighted by Gasteiger charge is -2.07. The summed E-state index contributed by atoms with van der Waals surface area (Å²) >= 11 is 0. The first kappa shape index (κ1) is 10.7. The van der Waals surface area contributed by atoms with Crippen molar-refractivity contribution in [1.82, 2.24) is 0 Å². The smallest absolute Gasteiger partial charge is 0.126 e. The van der Waals surface area contributed by atoms with Crippen LogP contribution < -0.4 is 0 Å². The van der Waals surface area contributed by atoms with Crippen LogP contribution in [-0.4, -0.2) is 5.11 Å². The molecule has 1 rings (SSSR count). The van der Waals surface area contributed by atoms with Gasteiger partial charge in [0.1, 0.15) is 11.6 Å². The summed E-state index contributed by atoms with van der Waals surface area (Å²) in [5.74, 6) is 3.86. The van der Waals surface area contributed by atoms with Crippen molar-refractivity contribution in [2.45, 2.75) is 19.4 Å². The van der Waals surface area contributed by atoms with Crippen LogP contribution in [-0.2, 0) is 0 Å². The number of aliphatic hydroxyl groups is 1. The lowest BCUT2D eigenvalue weighted by atomic mass is 10.1. The average molecular weight is 196 g/mol. The van der Waals surface area contributed by atoms with Crippen LogP contribution in [0.25, 0.3) is 0 Å². The highest BCUT2D eigenvalue weighted by molar-refractivity contribution is 5.21. The number of halogens is 2. The maximum atomic E-state index is 12.7. The third-order valence-electron chi connectivity index (χ3n) is 1.74. The van der Waals surface area contributed by atoms with Crippen molar-refractivity contribution >= 4 is 0 Å². The van der Waals surface area contributed by atoms with Gasteiger partial charge in [0.05, 0.1) is 6.10 Å². The lowest BCUT2D eigenvalue weighted by molar-refractivity contribution is 0.183. The van der Waals surface area contributed by atoms with Crippen molar-refractivity contribution in [2.24, 2.45) is 0 Å². The fraction of sp³-hybridized carbons (Fsp3) is 0.273. The highest BCUT2D eigenvalue weighted by atomic mass is 19.1. The molecule has 0 saturated heterocycles. The zero-order chi connectivity index (χ0) is 10.6. The van der Waals surface area contributed by atoms with Gasteiger partial charge in [0, 0.05) is 12.5 Å². The summed E-state index contributed by atoms with van der Waals surface area (Å²) in [7, 11) is 0. The predicted molar refractivity (Wildman–Crippen MR) is 49.4 cm³/mol. The van der Waals surface area contributed by atoms with E-state index in [-0.39, 0.29) is 12.0 Å². The molecule has 0 heterocycles. The third kappa shape index (κ3) is 2.82. The van der Waals surface area contributed by atoms with Gasteiger partial charge in [0.15, 0.2) is 0 Å². The van der Waals surface area contributed by atoms with Gasteiger partial charge in [0.25, 0.3) is 0 Å². The second-order valence-electron chi connectivity index (χ2n) is 2.85. The highest BCUT2D eigenvalue weighted by Gasteiger charge is 2.08. The van der Waals surface area contributed by atoms with Crippen LogP contribution in [0.2, 0.25) is 0 Å². The van der Waals surface area contributed by atoms with Gasteiger partial charge in [-0.1, -0.05) is 0 Å². The summed E-state index contributed by atoms with van der Waals surface area (Å²) in [6.07, 6.45) is -0.757. The largest absolute Gasteiger partial charge is 0.387 e. The van der Waals surface area contributed by atoms with E-state index in [1.807, 2.05) is 0 Å². The highest BCUT2D eigenvalue weighted by Crippen LogP contribution is 2.18. The van der Waals surface area contributed by atoms with Gasteiger partial charge in [-0.2, -0.15) is 0 Å². The maximum absolute atomic E-state index is 12.7. The zero-order valence-corrected chi connectivity index (χ0v) is 7.72. The molecule has 1 aromatic carbocycles. The van der Waals surface area contributed by atoms with Gasteiger partial charge in [-0.25, -0.2) is 8.78 Å². The molecule has 0 bridgehead atoms. The number of rotatable bonds is 2. The van der Waals surface area contributed by atoms with Crippen LogP contribution in [0, 0.1) is 23.5 Å². The predicted octanol–water partition coefficient (Wildman–Crippen LogP) is 2.41. The molecule has 1 unspecified atom stereocenters. The first-order chi connectivity index (χ1) is 6.63. The maximum Gasteiger partial charge on any atom is 0.126 e. The van der Waals surface area contributed by atoms with E-state index in [4.69, 9.17) is 0 Å². The lowest BCUT2D eigenvalue weighted by Crippen LogP contribution is -1.97. The van der Waals surface area contributed by atoms with E-state index < -0.39 is 17.7 Å². The topological polar surface area (TPSA) is 20.2 Å². The molecule has 1 atom stereocenters. The molecule has 74 valence electrons. The molecule has 0 aliphatic rings. The average Bonchev–Trinajstić information content (AvgIpc) is 2.12. The van der Waals surface area contributed by atoms with Gasteiger partial charge in [-0.05, 0) is 24.6 Å². The molecular formula is C11H10F2O. The Morgan fingerprint density at radius 1 is 1.29 bits per heavy atom. The van der Waals surface area contributed by atoms with Crippen LogP contribution >= 0.6 is 0 Å². The van der Waals surface area contributed by atoms with Crippen molar-refractivity contribution in [1.29, 1.82) is 0 Å². The monoisotopic (exact) mass is 196 g/mol. The van der Waals surface area contributed by atoms with Gasteiger partial charge in [-0.3, -0.25) is 0 Å². The molecule has 0 aliphatic heterocycles. The summed E-state index contributed by atoms with van der Waals surface area (Å²) in [4.78, 5) is 0. The van der Waals surface area contributed by atoms with Crippen molar-refractivity contribution in [3.63, 3.8) is 0 Å². The fourth-order valence-corrected chi connectivity index (χ4v) is 1.08. The van der Waals surface area contributed by atoms with Crippen molar-refractivity contribution < 1.29 is 13.9 Å². The first-order valence-electron chi connectivity index (χ1n) is 4.17.